The molecule has 0 unspecified atom stereocenters. The molecule has 5 nitrogen and oxygen atoms in total. The lowest BCUT2D eigenvalue weighted by atomic mass is 10.1. The first-order valence-electron chi connectivity index (χ1n) is 4.67. The fourth-order valence-electron chi connectivity index (χ4n) is 1.63. The summed E-state index contributed by atoms with van der Waals surface area (Å²) in [5.74, 6) is 0. The average molecular weight is 205 g/mol. The molecule has 0 aliphatic heterocycles. The number of hydrogen-bond acceptors (Lipinski definition) is 3. The normalized spacial score (nSPS) is 10.7. The van der Waals surface area contributed by atoms with Crippen LogP contribution in [0.25, 0.3) is 10.9 Å². The van der Waals surface area contributed by atoms with Crippen LogP contribution in [0.1, 0.15) is 5.56 Å². The highest BCUT2D eigenvalue weighted by molar-refractivity contribution is 5.89. The molecule has 2 aromatic rings. The molecule has 0 saturated heterocycles. The summed E-state index contributed by atoms with van der Waals surface area (Å²) in [4.78, 5) is 13.2. The Bertz CT molecular complexity index is 504. The number of aromatic amines is 1. The first-order chi connectivity index (χ1) is 7.22. The molecule has 2 rings (SSSR count). The number of hydrogen-bond donors (Lipinski definition) is 2. The van der Waals surface area contributed by atoms with Gasteiger partial charge in [-0.3, -0.25) is 10.1 Å². The third kappa shape index (κ3) is 1.69. The van der Waals surface area contributed by atoms with Crippen molar-refractivity contribution in [2.24, 2.45) is 5.73 Å². The minimum absolute atomic E-state index is 0.115. The molecule has 1 heterocycles. The van der Waals surface area contributed by atoms with Gasteiger partial charge in [0.15, 0.2) is 0 Å². The van der Waals surface area contributed by atoms with E-state index in [0.29, 0.717) is 11.9 Å². The maximum atomic E-state index is 10.7. The second kappa shape index (κ2) is 3.70. The van der Waals surface area contributed by atoms with E-state index in [1.54, 1.807) is 0 Å². The van der Waals surface area contributed by atoms with E-state index in [9.17, 15) is 10.1 Å². The van der Waals surface area contributed by atoms with E-state index in [1.807, 2.05) is 18.2 Å². The predicted molar refractivity (Wildman–Crippen MR) is 57.7 cm³/mol. The summed E-state index contributed by atoms with van der Waals surface area (Å²) in [6.45, 7) is 0.545. The van der Waals surface area contributed by atoms with E-state index in [-0.39, 0.29) is 10.6 Å². The maximum Gasteiger partial charge on any atom is 0.294 e. The van der Waals surface area contributed by atoms with Crippen molar-refractivity contribution in [3.63, 3.8) is 0 Å². The third-order valence-electron chi connectivity index (χ3n) is 2.35. The Hall–Kier alpha value is -1.88. The molecule has 3 N–H and O–H groups in total. The molecule has 5 heteroatoms. The molecule has 1 aromatic carbocycles. The van der Waals surface area contributed by atoms with Crippen molar-refractivity contribution in [3.05, 3.63) is 40.1 Å². The van der Waals surface area contributed by atoms with Crippen LogP contribution in [0.4, 0.5) is 5.69 Å². The summed E-state index contributed by atoms with van der Waals surface area (Å²) >= 11 is 0. The average Bonchev–Trinajstić information content (AvgIpc) is 2.61. The van der Waals surface area contributed by atoms with Crippen LogP contribution in [0, 0.1) is 10.1 Å². The summed E-state index contributed by atoms with van der Waals surface area (Å²) in [6.07, 6.45) is 2.15. The number of aromatic nitrogens is 1. The quantitative estimate of drug-likeness (QED) is 0.589. The molecule has 0 fully saturated rings. The van der Waals surface area contributed by atoms with E-state index >= 15 is 0 Å². The van der Waals surface area contributed by atoms with Crippen LogP contribution >= 0.6 is 0 Å². The zero-order valence-corrected chi connectivity index (χ0v) is 8.06. The van der Waals surface area contributed by atoms with E-state index in [2.05, 4.69) is 4.98 Å². The number of nitrogens with two attached hydrogens (primary N) is 1. The second-order valence-corrected chi connectivity index (χ2v) is 3.35. The first-order valence-corrected chi connectivity index (χ1v) is 4.67. The molecular weight excluding hydrogens is 194 g/mol. The van der Waals surface area contributed by atoms with Gasteiger partial charge < -0.3 is 10.7 Å². The topological polar surface area (TPSA) is 85.0 Å². The second-order valence-electron chi connectivity index (χ2n) is 3.35. The lowest BCUT2D eigenvalue weighted by molar-refractivity contribution is -0.383. The lowest BCUT2D eigenvalue weighted by Gasteiger charge is -1.98. The van der Waals surface area contributed by atoms with E-state index in [1.165, 1.54) is 6.20 Å². The summed E-state index contributed by atoms with van der Waals surface area (Å²) in [6, 6.07) is 5.58. The van der Waals surface area contributed by atoms with Crippen LogP contribution in [0.5, 0.6) is 0 Å². The van der Waals surface area contributed by atoms with Crippen molar-refractivity contribution in [1.82, 2.24) is 4.98 Å². The molecule has 0 radical (unpaired) electrons. The van der Waals surface area contributed by atoms with Crippen molar-refractivity contribution >= 4 is 16.6 Å². The van der Waals surface area contributed by atoms with Crippen molar-refractivity contribution in [2.45, 2.75) is 6.42 Å². The number of nitrogens with zero attached hydrogens (tertiary/aromatic N) is 1. The fraction of sp³-hybridized carbons (Fsp3) is 0.200. The smallest absolute Gasteiger partial charge is 0.294 e. The van der Waals surface area contributed by atoms with Crippen LogP contribution in [0.3, 0.4) is 0 Å². The Morgan fingerprint density at radius 1 is 1.47 bits per heavy atom. The number of benzene rings is 1. The molecule has 78 valence electrons. The van der Waals surface area contributed by atoms with Gasteiger partial charge in [-0.25, -0.2) is 0 Å². The Morgan fingerprint density at radius 3 is 2.93 bits per heavy atom. The highest BCUT2D eigenvalue weighted by Crippen LogP contribution is 2.25. The van der Waals surface area contributed by atoms with E-state index in [0.717, 1.165) is 17.5 Å². The molecule has 15 heavy (non-hydrogen) atoms. The standard InChI is InChI=1S/C10H11N3O2/c11-4-3-7-1-2-9-8(5-7)10(6-12-9)13(14)15/h1-2,5-6,12H,3-4,11H2. The zero-order chi connectivity index (χ0) is 10.8. The number of rotatable bonds is 3. The molecule has 0 aliphatic rings. The van der Waals surface area contributed by atoms with Gasteiger partial charge in [0.05, 0.1) is 22.0 Å². The summed E-state index contributed by atoms with van der Waals surface area (Å²) < 4.78 is 0. The minimum atomic E-state index is -0.384. The van der Waals surface area contributed by atoms with E-state index < -0.39 is 0 Å². The Balaban J connectivity index is 2.56. The predicted octanol–water partition coefficient (Wildman–Crippen LogP) is 1.58. The molecule has 1 aromatic heterocycles. The first kappa shape index (κ1) is 9.67. The fourth-order valence-corrected chi connectivity index (χ4v) is 1.63. The van der Waals surface area contributed by atoms with Crippen LogP contribution < -0.4 is 5.73 Å². The molecule has 0 bridgehead atoms. The van der Waals surface area contributed by atoms with Gasteiger partial charge in [0.2, 0.25) is 0 Å². The lowest BCUT2D eigenvalue weighted by Crippen LogP contribution is -2.02. The van der Waals surface area contributed by atoms with Gasteiger partial charge in [-0.05, 0) is 30.7 Å². The summed E-state index contributed by atoms with van der Waals surface area (Å²) in [5, 5.41) is 11.4. The van der Waals surface area contributed by atoms with Crippen LogP contribution in [-0.2, 0) is 6.42 Å². The molecule has 0 atom stereocenters. The highest BCUT2D eigenvalue weighted by atomic mass is 16.6. The highest BCUT2D eigenvalue weighted by Gasteiger charge is 2.13. The van der Waals surface area contributed by atoms with Crippen LogP contribution in [0.2, 0.25) is 0 Å². The van der Waals surface area contributed by atoms with Gasteiger partial charge in [0.1, 0.15) is 0 Å². The SMILES string of the molecule is NCCc1ccc2[nH]cc([N+](=O)[O-])c2c1. The maximum absolute atomic E-state index is 10.7. The Kier molecular flexibility index (Phi) is 2.39. The van der Waals surface area contributed by atoms with Crippen LogP contribution in [-0.4, -0.2) is 16.5 Å². The van der Waals surface area contributed by atoms with Gasteiger partial charge in [0, 0.05) is 0 Å². The molecule has 0 aliphatic carbocycles. The van der Waals surface area contributed by atoms with Gasteiger partial charge in [-0.1, -0.05) is 6.07 Å². The molecule has 0 spiro atoms. The molecule has 0 saturated carbocycles. The van der Waals surface area contributed by atoms with Crippen molar-refractivity contribution in [1.29, 1.82) is 0 Å². The number of H-pyrrole nitrogens is 1. The van der Waals surface area contributed by atoms with Crippen molar-refractivity contribution < 1.29 is 4.92 Å². The van der Waals surface area contributed by atoms with E-state index in [4.69, 9.17) is 5.73 Å². The molecule has 0 amide bonds. The summed E-state index contributed by atoms with van der Waals surface area (Å²) in [7, 11) is 0. The summed E-state index contributed by atoms with van der Waals surface area (Å²) in [5.41, 5.74) is 7.35. The van der Waals surface area contributed by atoms with Crippen molar-refractivity contribution in [2.75, 3.05) is 6.54 Å². The van der Waals surface area contributed by atoms with Crippen molar-refractivity contribution in [3.8, 4) is 0 Å². The monoisotopic (exact) mass is 205 g/mol. The molecular formula is C10H11N3O2. The Labute approximate surface area is 86.0 Å². The van der Waals surface area contributed by atoms with Gasteiger partial charge in [0.25, 0.3) is 5.69 Å². The largest absolute Gasteiger partial charge is 0.355 e. The Morgan fingerprint density at radius 2 is 2.27 bits per heavy atom. The zero-order valence-electron chi connectivity index (χ0n) is 8.06. The van der Waals surface area contributed by atoms with Gasteiger partial charge >= 0.3 is 0 Å². The third-order valence-corrected chi connectivity index (χ3v) is 2.35. The minimum Gasteiger partial charge on any atom is -0.355 e. The van der Waals surface area contributed by atoms with Crippen LogP contribution in [0.15, 0.2) is 24.4 Å². The van der Waals surface area contributed by atoms with Gasteiger partial charge in [-0.2, -0.15) is 0 Å². The number of nitro groups is 1. The number of nitrogens with one attached hydrogen (secondary N) is 1. The van der Waals surface area contributed by atoms with Gasteiger partial charge in [-0.15, -0.1) is 0 Å². The number of fused-ring (bicyclic) bond motifs is 1.